The fourth-order valence-electron chi connectivity index (χ4n) is 2.50. The summed E-state index contributed by atoms with van der Waals surface area (Å²) in [6.07, 6.45) is 3.32. The van der Waals surface area contributed by atoms with Crippen molar-refractivity contribution < 1.29 is 4.79 Å². The second-order valence-electron chi connectivity index (χ2n) is 5.61. The topological polar surface area (TPSA) is 42.0 Å². The smallest absolute Gasteiger partial charge is 0.261 e. The van der Waals surface area contributed by atoms with Crippen LogP contribution in [0.15, 0.2) is 30.3 Å². The van der Waals surface area contributed by atoms with Gasteiger partial charge in [-0.1, -0.05) is 13.0 Å². The van der Waals surface area contributed by atoms with E-state index in [4.69, 9.17) is 0 Å². The van der Waals surface area contributed by atoms with Gasteiger partial charge in [0.1, 0.15) is 0 Å². The summed E-state index contributed by atoms with van der Waals surface area (Å²) < 4.78 is 0. The maximum Gasteiger partial charge on any atom is 0.261 e. The van der Waals surface area contributed by atoms with Gasteiger partial charge in [0.2, 0.25) is 0 Å². The molecular weight excluding hydrogens is 280 g/mol. The Hall–Kier alpha value is -1.68. The van der Waals surface area contributed by atoms with Gasteiger partial charge in [0.25, 0.3) is 5.91 Å². The molecule has 0 radical (unpaired) electrons. The molecule has 1 amide bonds. The van der Waals surface area contributed by atoms with Crippen molar-refractivity contribution in [2.45, 2.75) is 39.2 Å². The number of hydrogen-bond acceptors (Lipinski definition) is 3. The number of amides is 1. The van der Waals surface area contributed by atoms with Crippen molar-refractivity contribution in [1.29, 1.82) is 0 Å². The van der Waals surface area contributed by atoms with E-state index in [1.807, 2.05) is 37.3 Å². The number of thiophene rings is 1. The van der Waals surface area contributed by atoms with Gasteiger partial charge in [-0.15, -0.1) is 11.3 Å². The highest BCUT2D eigenvalue weighted by Crippen LogP contribution is 2.40. The van der Waals surface area contributed by atoms with Gasteiger partial charge in [-0.3, -0.25) is 9.78 Å². The maximum atomic E-state index is 12.4. The van der Waals surface area contributed by atoms with E-state index in [0.717, 1.165) is 22.7 Å². The number of hydrogen-bond donors (Lipinski definition) is 1. The Labute approximate surface area is 129 Å². The van der Waals surface area contributed by atoms with E-state index in [9.17, 15) is 4.79 Å². The van der Waals surface area contributed by atoms with Crippen LogP contribution in [0.25, 0.3) is 0 Å². The number of carbonyl (C=O) groups excluding carboxylic acids is 1. The van der Waals surface area contributed by atoms with Crippen LogP contribution in [0.1, 0.15) is 51.7 Å². The molecule has 4 heteroatoms. The number of nitrogens with one attached hydrogen (secondary N) is 1. The van der Waals surface area contributed by atoms with Crippen LogP contribution in [0.5, 0.6) is 0 Å². The van der Waals surface area contributed by atoms with Crippen LogP contribution in [-0.2, 0) is 6.42 Å². The molecule has 0 aliphatic heterocycles. The zero-order chi connectivity index (χ0) is 14.8. The molecule has 1 atom stereocenters. The third kappa shape index (κ3) is 3.32. The molecule has 2 heterocycles. The Morgan fingerprint density at radius 3 is 2.81 bits per heavy atom. The van der Waals surface area contributed by atoms with Crippen molar-refractivity contribution in [2.24, 2.45) is 5.92 Å². The largest absolute Gasteiger partial charge is 0.343 e. The summed E-state index contributed by atoms with van der Waals surface area (Å²) in [6.45, 7) is 4.10. The van der Waals surface area contributed by atoms with E-state index in [1.54, 1.807) is 11.3 Å². The summed E-state index contributed by atoms with van der Waals surface area (Å²) in [5, 5.41) is 3.19. The van der Waals surface area contributed by atoms with Crippen molar-refractivity contribution in [1.82, 2.24) is 10.3 Å². The van der Waals surface area contributed by atoms with E-state index in [2.05, 4.69) is 17.2 Å². The van der Waals surface area contributed by atoms with Gasteiger partial charge in [0, 0.05) is 10.6 Å². The second-order valence-corrected chi connectivity index (χ2v) is 6.78. The summed E-state index contributed by atoms with van der Waals surface area (Å²) in [5.41, 5.74) is 1.98. The minimum Gasteiger partial charge on any atom is -0.343 e. The zero-order valence-electron chi connectivity index (χ0n) is 12.4. The Bertz CT molecular complexity index is 646. The average molecular weight is 300 g/mol. The molecule has 1 aliphatic carbocycles. The molecule has 0 aromatic carbocycles. The third-order valence-corrected chi connectivity index (χ3v) is 5.07. The average Bonchev–Trinajstić information content (AvgIpc) is 3.20. The lowest BCUT2D eigenvalue weighted by atomic mass is 10.1. The second kappa shape index (κ2) is 5.98. The molecule has 1 saturated carbocycles. The molecule has 2 aromatic rings. The van der Waals surface area contributed by atoms with E-state index in [0.29, 0.717) is 5.92 Å². The number of rotatable bonds is 5. The Morgan fingerprint density at radius 2 is 2.19 bits per heavy atom. The van der Waals surface area contributed by atoms with Crippen molar-refractivity contribution in [3.05, 3.63) is 51.5 Å². The number of pyridine rings is 1. The number of nitrogens with zero attached hydrogens (tertiary/aromatic N) is 1. The fourth-order valence-corrected chi connectivity index (χ4v) is 3.35. The molecule has 1 N–H and O–H groups in total. The van der Waals surface area contributed by atoms with Crippen molar-refractivity contribution in [3.8, 4) is 0 Å². The van der Waals surface area contributed by atoms with Crippen molar-refractivity contribution >= 4 is 17.2 Å². The van der Waals surface area contributed by atoms with Crippen LogP contribution >= 0.6 is 11.3 Å². The lowest BCUT2D eigenvalue weighted by molar-refractivity contribution is 0.0935. The van der Waals surface area contributed by atoms with Gasteiger partial charge in [-0.25, -0.2) is 0 Å². The van der Waals surface area contributed by atoms with Crippen molar-refractivity contribution in [2.75, 3.05) is 0 Å². The summed E-state index contributed by atoms with van der Waals surface area (Å²) in [4.78, 5) is 19.1. The first-order chi connectivity index (χ1) is 10.2. The monoisotopic (exact) mass is 300 g/mol. The first-order valence-electron chi connectivity index (χ1n) is 7.50. The van der Waals surface area contributed by atoms with Crippen molar-refractivity contribution in [3.63, 3.8) is 0 Å². The van der Waals surface area contributed by atoms with Gasteiger partial charge in [-0.2, -0.15) is 0 Å². The van der Waals surface area contributed by atoms with Gasteiger partial charge in [0.15, 0.2) is 0 Å². The molecule has 0 saturated heterocycles. The third-order valence-electron chi connectivity index (χ3n) is 3.84. The van der Waals surface area contributed by atoms with Crippen LogP contribution in [0, 0.1) is 12.8 Å². The predicted molar refractivity (Wildman–Crippen MR) is 85.6 cm³/mol. The Kier molecular flexibility index (Phi) is 4.06. The Balaban J connectivity index is 1.77. The van der Waals surface area contributed by atoms with Gasteiger partial charge < -0.3 is 5.32 Å². The highest BCUT2D eigenvalue weighted by atomic mass is 32.1. The molecule has 0 unspecified atom stereocenters. The van der Waals surface area contributed by atoms with Crippen LogP contribution in [-0.4, -0.2) is 10.9 Å². The van der Waals surface area contributed by atoms with Gasteiger partial charge in [0.05, 0.1) is 16.6 Å². The van der Waals surface area contributed by atoms with Gasteiger partial charge in [-0.05, 0) is 56.4 Å². The minimum absolute atomic E-state index is 0.0277. The summed E-state index contributed by atoms with van der Waals surface area (Å²) in [5.74, 6) is 0.564. The Morgan fingerprint density at radius 1 is 1.38 bits per heavy atom. The maximum absolute atomic E-state index is 12.4. The molecule has 3 rings (SSSR count). The highest BCUT2D eigenvalue weighted by molar-refractivity contribution is 7.14. The SMILES string of the molecule is CCc1ccc(C(=O)N[C@H](c2cccc(C)n2)C2CC2)s1. The molecular formula is C17H20N2OS. The van der Waals surface area contributed by atoms with E-state index in [1.165, 1.54) is 17.7 Å². The molecule has 0 bridgehead atoms. The standard InChI is InChI=1S/C17H20N2OS/c1-3-13-9-10-15(21-13)17(20)19-16(12-7-8-12)14-6-4-5-11(2)18-14/h4-6,9-10,12,16H,3,7-8H2,1-2H3,(H,19,20)/t16-/m0/s1. The van der Waals surface area contributed by atoms with Crippen LogP contribution < -0.4 is 5.32 Å². The highest BCUT2D eigenvalue weighted by Gasteiger charge is 2.34. The van der Waals surface area contributed by atoms with E-state index < -0.39 is 0 Å². The van der Waals surface area contributed by atoms with Crippen LogP contribution in [0.3, 0.4) is 0 Å². The molecule has 110 valence electrons. The zero-order valence-corrected chi connectivity index (χ0v) is 13.2. The lowest BCUT2D eigenvalue weighted by Gasteiger charge is -2.17. The summed E-state index contributed by atoms with van der Waals surface area (Å²) in [6, 6.07) is 10.0. The van der Waals surface area contributed by atoms with Crippen LogP contribution in [0.4, 0.5) is 0 Å². The lowest BCUT2D eigenvalue weighted by Crippen LogP contribution is -2.30. The number of aryl methyl sites for hydroxylation is 2. The number of carbonyl (C=O) groups is 1. The minimum atomic E-state index is 0.0277. The molecule has 0 spiro atoms. The van der Waals surface area contributed by atoms with E-state index in [-0.39, 0.29) is 11.9 Å². The normalized spacial score (nSPS) is 15.7. The number of aromatic nitrogens is 1. The first kappa shape index (κ1) is 14.3. The van der Waals surface area contributed by atoms with Gasteiger partial charge >= 0.3 is 0 Å². The first-order valence-corrected chi connectivity index (χ1v) is 8.32. The molecule has 2 aromatic heterocycles. The van der Waals surface area contributed by atoms with Crippen LogP contribution in [0.2, 0.25) is 0 Å². The quantitative estimate of drug-likeness (QED) is 0.910. The molecule has 1 fully saturated rings. The summed E-state index contributed by atoms with van der Waals surface area (Å²) in [7, 11) is 0. The fraction of sp³-hybridized carbons (Fsp3) is 0.412. The molecule has 1 aliphatic rings. The molecule has 21 heavy (non-hydrogen) atoms. The predicted octanol–water partition coefficient (Wildman–Crippen LogP) is 3.90. The van der Waals surface area contributed by atoms with E-state index >= 15 is 0 Å². The molecule has 3 nitrogen and oxygen atoms in total. The summed E-state index contributed by atoms with van der Waals surface area (Å²) >= 11 is 1.58.